The van der Waals surface area contributed by atoms with Gasteiger partial charge >= 0.3 is 7.12 Å². The predicted octanol–water partition coefficient (Wildman–Crippen LogP) is -0.869. The van der Waals surface area contributed by atoms with Crippen molar-refractivity contribution < 1.29 is 10.0 Å². The Morgan fingerprint density at radius 3 is 2.56 bits per heavy atom. The number of aromatic nitrogens is 1. The van der Waals surface area contributed by atoms with Crippen molar-refractivity contribution in [3.8, 4) is 0 Å². The van der Waals surface area contributed by atoms with Gasteiger partial charge in [0.1, 0.15) is 4.91 Å². The molecule has 1 rings (SSSR count). The fourth-order valence-electron chi connectivity index (χ4n) is 0.491. The van der Waals surface area contributed by atoms with Crippen LogP contribution in [0.5, 0.6) is 0 Å². The van der Waals surface area contributed by atoms with Gasteiger partial charge in [-0.15, -0.1) is 11.3 Å². The van der Waals surface area contributed by atoms with Gasteiger partial charge in [0.2, 0.25) is 0 Å². The molecule has 5 heteroatoms. The van der Waals surface area contributed by atoms with Crippen molar-refractivity contribution in [1.29, 1.82) is 0 Å². The summed E-state index contributed by atoms with van der Waals surface area (Å²) in [7, 11) is -1.41. The lowest BCUT2D eigenvalue weighted by Crippen LogP contribution is -2.29. The van der Waals surface area contributed by atoms with Crippen LogP contribution in [0.25, 0.3) is 0 Å². The van der Waals surface area contributed by atoms with Gasteiger partial charge in [0.05, 0.1) is 0 Å². The van der Waals surface area contributed by atoms with Gasteiger partial charge < -0.3 is 10.0 Å². The van der Waals surface area contributed by atoms with Crippen molar-refractivity contribution in [2.24, 2.45) is 0 Å². The first-order valence-corrected chi connectivity index (χ1v) is 3.36. The number of hydrogen-bond acceptors (Lipinski definition) is 4. The van der Waals surface area contributed by atoms with Gasteiger partial charge in [0.25, 0.3) is 0 Å². The zero-order valence-electron chi connectivity index (χ0n) is 4.90. The third kappa shape index (κ3) is 1.51. The first kappa shape index (κ1) is 6.73. The maximum absolute atomic E-state index is 8.54. The summed E-state index contributed by atoms with van der Waals surface area (Å²) in [6.45, 7) is 1.81. The second-order valence-corrected chi connectivity index (χ2v) is 2.59. The molecule has 0 aliphatic heterocycles. The van der Waals surface area contributed by atoms with E-state index in [0.29, 0.717) is 4.91 Å². The van der Waals surface area contributed by atoms with Crippen LogP contribution in [-0.2, 0) is 0 Å². The normalized spacial score (nSPS) is 9.67. The molecule has 1 aromatic rings. The van der Waals surface area contributed by atoms with Gasteiger partial charge in [-0.05, 0) is 6.92 Å². The summed E-state index contributed by atoms with van der Waals surface area (Å²) in [6, 6.07) is 0. The predicted molar refractivity (Wildman–Crippen MR) is 36.7 cm³/mol. The number of hydrogen-bond donors (Lipinski definition) is 2. The molecule has 1 aromatic heterocycles. The summed E-state index contributed by atoms with van der Waals surface area (Å²) in [5.41, 5.74) is 0.822. The zero-order chi connectivity index (χ0) is 6.85. The summed E-state index contributed by atoms with van der Waals surface area (Å²) < 4.78 is 0. The van der Waals surface area contributed by atoms with Crippen LogP contribution >= 0.6 is 11.3 Å². The fourth-order valence-corrected chi connectivity index (χ4v) is 1.15. The first-order valence-electron chi connectivity index (χ1n) is 2.48. The van der Waals surface area contributed by atoms with E-state index in [4.69, 9.17) is 10.0 Å². The molecule has 0 spiro atoms. The average molecular weight is 143 g/mol. The third-order valence-corrected chi connectivity index (χ3v) is 1.86. The highest BCUT2D eigenvalue weighted by Crippen LogP contribution is 1.95. The Bertz CT molecular complexity index is 200. The molecule has 0 amide bonds. The van der Waals surface area contributed by atoms with Crippen molar-refractivity contribution in [2.45, 2.75) is 6.92 Å². The lowest BCUT2D eigenvalue weighted by Gasteiger charge is -1.86. The van der Waals surface area contributed by atoms with E-state index in [-0.39, 0.29) is 0 Å². The van der Waals surface area contributed by atoms with Crippen LogP contribution in [0.2, 0.25) is 0 Å². The van der Waals surface area contributed by atoms with Crippen molar-refractivity contribution >= 4 is 23.4 Å². The van der Waals surface area contributed by atoms with Crippen LogP contribution < -0.4 is 4.91 Å². The summed E-state index contributed by atoms with van der Waals surface area (Å²) in [5, 5.41) is 18.9. The summed E-state index contributed by atoms with van der Waals surface area (Å²) >= 11 is 1.25. The SMILES string of the molecule is Cc1csc(B(O)O)n1. The van der Waals surface area contributed by atoms with Gasteiger partial charge in [0, 0.05) is 11.1 Å². The van der Waals surface area contributed by atoms with Crippen LogP contribution in [0.4, 0.5) is 0 Å². The minimum atomic E-state index is -1.41. The van der Waals surface area contributed by atoms with E-state index in [0.717, 1.165) is 5.69 Å². The molecule has 0 saturated heterocycles. The lowest BCUT2D eigenvalue weighted by atomic mass is 9.94. The van der Waals surface area contributed by atoms with Crippen LogP contribution in [-0.4, -0.2) is 22.2 Å². The van der Waals surface area contributed by atoms with E-state index >= 15 is 0 Å². The highest BCUT2D eigenvalue weighted by atomic mass is 32.1. The monoisotopic (exact) mass is 143 g/mol. The smallest absolute Gasteiger partial charge is 0.422 e. The van der Waals surface area contributed by atoms with Gasteiger partial charge in [-0.3, -0.25) is 4.98 Å². The molecule has 0 bridgehead atoms. The molecule has 0 aliphatic rings. The molecule has 48 valence electrons. The van der Waals surface area contributed by atoms with Gasteiger partial charge in [-0.2, -0.15) is 0 Å². The molecular formula is C4H6BNO2S. The maximum Gasteiger partial charge on any atom is 0.519 e. The maximum atomic E-state index is 8.54. The fraction of sp³-hybridized carbons (Fsp3) is 0.250. The average Bonchev–Trinajstić information content (AvgIpc) is 2.14. The Morgan fingerprint density at radius 1 is 1.67 bits per heavy atom. The van der Waals surface area contributed by atoms with Crippen molar-refractivity contribution in [1.82, 2.24) is 4.98 Å². The van der Waals surface area contributed by atoms with E-state index in [2.05, 4.69) is 4.98 Å². The molecule has 0 fully saturated rings. The molecule has 9 heavy (non-hydrogen) atoms. The topological polar surface area (TPSA) is 53.4 Å². The largest absolute Gasteiger partial charge is 0.519 e. The Hall–Kier alpha value is -0.385. The highest BCUT2D eigenvalue weighted by Gasteiger charge is 2.13. The molecule has 3 nitrogen and oxygen atoms in total. The number of nitrogens with zero attached hydrogens (tertiary/aromatic N) is 1. The van der Waals surface area contributed by atoms with Crippen molar-refractivity contribution in [2.75, 3.05) is 0 Å². The van der Waals surface area contributed by atoms with Crippen LogP contribution in [0.1, 0.15) is 5.69 Å². The lowest BCUT2D eigenvalue weighted by molar-refractivity contribution is 0.425. The summed E-state index contributed by atoms with van der Waals surface area (Å²) in [5.74, 6) is 0. The highest BCUT2D eigenvalue weighted by molar-refractivity contribution is 7.19. The number of rotatable bonds is 1. The third-order valence-electron chi connectivity index (χ3n) is 0.858. The minimum Gasteiger partial charge on any atom is -0.422 e. The van der Waals surface area contributed by atoms with E-state index in [9.17, 15) is 0 Å². The molecule has 0 saturated carbocycles. The second kappa shape index (κ2) is 2.47. The van der Waals surface area contributed by atoms with Crippen molar-refractivity contribution in [3.05, 3.63) is 11.1 Å². The Labute approximate surface area is 57.1 Å². The van der Waals surface area contributed by atoms with Gasteiger partial charge in [-0.1, -0.05) is 0 Å². The number of thiazole rings is 1. The molecule has 0 radical (unpaired) electrons. The van der Waals surface area contributed by atoms with Crippen molar-refractivity contribution in [3.63, 3.8) is 0 Å². The molecule has 0 aromatic carbocycles. The van der Waals surface area contributed by atoms with E-state index < -0.39 is 7.12 Å². The minimum absolute atomic E-state index is 0.354. The van der Waals surface area contributed by atoms with Crippen LogP contribution in [0, 0.1) is 6.92 Å². The van der Waals surface area contributed by atoms with Crippen LogP contribution in [0.3, 0.4) is 0 Å². The quantitative estimate of drug-likeness (QED) is 0.502. The summed E-state index contributed by atoms with van der Waals surface area (Å²) in [6.07, 6.45) is 0. The Balaban J connectivity index is 2.85. The summed E-state index contributed by atoms with van der Waals surface area (Å²) in [4.78, 5) is 4.18. The van der Waals surface area contributed by atoms with Crippen LogP contribution in [0.15, 0.2) is 5.38 Å². The van der Waals surface area contributed by atoms with Gasteiger partial charge in [0.15, 0.2) is 0 Å². The molecular weight excluding hydrogens is 137 g/mol. The Morgan fingerprint density at radius 2 is 2.33 bits per heavy atom. The molecule has 1 heterocycles. The molecule has 0 unspecified atom stereocenters. The second-order valence-electron chi connectivity index (χ2n) is 1.70. The molecule has 0 atom stereocenters. The van der Waals surface area contributed by atoms with Gasteiger partial charge in [-0.25, -0.2) is 0 Å². The van der Waals surface area contributed by atoms with E-state index in [1.165, 1.54) is 11.3 Å². The molecule has 0 aliphatic carbocycles. The zero-order valence-corrected chi connectivity index (χ0v) is 5.72. The first-order chi connectivity index (χ1) is 4.20. The standard InChI is InChI=1S/C4H6BNO2S/c1-3-2-9-4(6-3)5(7)8/h2,7-8H,1H3. The van der Waals surface area contributed by atoms with E-state index in [1.54, 1.807) is 5.38 Å². The number of aryl methyl sites for hydroxylation is 1. The Kier molecular flexibility index (Phi) is 1.85. The van der Waals surface area contributed by atoms with E-state index in [1.807, 2.05) is 6.92 Å². The molecule has 2 N–H and O–H groups in total.